The molecule has 1 aromatic rings. The fourth-order valence-corrected chi connectivity index (χ4v) is 2.98. The fourth-order valence-electron chi connectivity index (χ4n) is 2.29. The third-order valence-corrected chi connectivity index (χ3v) is 3.92. The summed E-state index contributed by atoms with van der Waals surface area (Å²) in [6.07, 6.45) is 4.46. The minimum Gasteiger partial charge on any atom is -0.369 e. The second kappa shape index (κ2) is 6.73. The molecule has 2 rings (SSSR count). The lowest BCUT2D eigenvalue weighted by Crippen LogP contribution is -2.29. The third-order valence-electron chi connectivity index (χ3n) is 3.19. The smallest absolute Gasteiger partial charge is 0.144 e. The Morgan fingerprint density at radius 3 is 2.89 bits per heavy atom. The highest BCUT2D eigenvalue weighted by Crippen LogP contribution is 2.23. The lowest BCUT2D eigenvalue weighted by molar-refractivity contribution is 0.294. The van der Waals surface area contributed by atoms with Crippen LogP contribution in [0.15, 0.2) is 16.7 Å². The zero-order valence-electron chi connectivity index (χ0n) is 10.6. The Morgan fingerprint density at radius 2 is 2.22 bits per heavy atom. The van der Waals surface area contributed by atoms with Gasteiger partial charge in [0.2, 0.25) is 0 Å². The van der Waals surface area contributed by atoms with Crippen molar-refractivity contribution < 1.29 is 0 Å². The molecule has 100 valence electrons. The topological polar surface area (TPSA) is 28.2 Å². The molecule has 18 heavy (non-hydrogen) atoms. The van der Waals surface area contributed by atoms with Gasteiger partial charge in [0.15, 0.2) is 0 Å². The molecule has 1 aliphatic rings. The minimum atomic E-state index is 0.601. The Morgan fingerprint density at radius 1 is 1.50 bits per heavy atom. The van der Waals surface area contributed by atoms with E-state index in [2.05, 4.69) is 38.1 Å². The van der Waals surface area contributed by atoms with Crippen molar-refractivity contribution >= 4 is 33.3 Å². The van der Waals surface area contributed by atoms with E-state index in [4.69, 9.17) is 11.6 Å². The van der Waals surface area contributed by atoms with Gasteiger partial charge < -0.3 is 10.2 Å². The molecule has 3 nitrogen and oxygen atoms in total. The molecule has 1 atom stereocenters. The maximum absolute atomic E-state index is 6.12. The molecule has 0 bridgehead atoms. The van der Waals surface area contributed by atoms with E-state index in [1.54, 1.807) is 6.20 Å². The summed E-state index contributed by atoms with van der Waals surface area (Å²) in [6.45, 7) is 6.83. The maximum Gasteiger partial charge on any atom is 0.144 e. The zero-order chi connectivity index (χ0) is 13.0. The molecule has 0 aliphatic carbocycles. The van der Waals surface area contributed by atoms with E-state index in [1.807, 2.05) is 6.07 Å². The van der Waals surface area contributed by atoms with E-state index in [9.17, 15) is 0 Å². The zero-order valence-corrected chi connectivity index (χ0v) is 13.0. The molecular formula is C13H19BrClN3. The molecule has 0 saturated carbocycles. The second-order valence-corrected chi connectivity index (χ2v) is 6.30. The number of pyridine rings is 1. The van der Waals surface area contributed by atoms with Crippen LogP contribution in [0.25, 0.3) is 0 Å². The molecule has 0 spiro atoms. The lowest BCUT2D eigenvalue weighted by atomic mass is 10.1. The molecule has 1 fully saturated rings. The van der Waals surface area contributed by atoms with E-state index in [0.717, 1.165) is 23.4 Å². The number of nitrogens with one attached hydrogen (secondary N) is 1. The molecule has 0 radical (unpaired) electrons. The van der Waals surface area contributed by atoms with Crippen LogP contribution in [0.1, 0.15) is 19.8 Å². The standard InChI is InChI=1S/C13H19BrClN3/c1-10(9-18-4-2-3-5-18)7-16-13-12(15)6-11(14)8-17-13/h6,8,10H,2-5,7,9H2,1H3,(H,16,17). The highest BCUT2D eigenvalue weighted by Gasteiger charge is 2.14. The normalized spacial score (nSPS) is 17.9. The molecule has 0 amide bonds. The Bertz CT molecular complexity index is 394. The van der Waals surface area contributed by atoms with Crippen LogP contribution in [0.2, 0.25) is 5.02 Å². The molecule has 1 aromatic heterocycles. The molecule has 1 N–H and O–H groups in total. The SMILES string of the molecule is CC(CNc1ncc(Br)cc1Cl)CN1CCCC1. The molecule has 5 heteroatoms. The van der Waals surface area contributed by atoms with Crippen molar-refractivity contribution in [1.82, 2.24) is 9.88 Å². The first kappa shape index (κ1) is 14.1. The summed E-state index contributed by atoms with van der Waals surface area (Å²) < 4.78 is 0.906. The van der Waals surface area contributed by atoms with Crippen LogP contribution in [0.5, 0.6) is 0 Å². The average Bonchev–Trinajstić information content (AvgIpc) is 2.80. The van der Waals surface area contributed by atoms with Gasteiger partial charge in [-0.1, -0.05) is 18.5 Å². The Hall–Kier alpha value is -0.320. The minimum absolute atomic E-state index is 0.601. The first-order chi connectivity index (χ1) is 8.65. The molecule has 0 aromatic carbocycles. The number of hydrogen-bond donors (Lipinski definition) is 1. The van der Waals surface area contributed by atoms with Crippen LogP contribution in [-0.4, -0.2) is 36.1 Å². The number of hydrogen-bond acceptors (Lipinski definition) is 3. The molecular weight excluding hydrogens is 314 g/mol. The van der Waals surface area contributed by atoms with Crippen molar-refractivity contribution in [1.29, 1.82) is 0 Å². The monoisotopic (exact) mass is 331 g/mol. The van der Waals surface area contributed by atoms with E-state index in [-0.39, 0.29) is 0 Å². The predicted molar refractivity (Wildman–Crippen MR) is 80.3 cm³/mol. The first-order valence-corrected chi connectivity index (χ1v) is 7.59. The van der Waals surface area contributed by atoms with Crippen molar-refractivity contribution in [2.45, 2.75) is 19.8 Å². The highest BCUT2D eigenvalue weighted by molar-refractivity contribution is 9.10. The molecule has 2 heterocycles. The summed E-state index contributed by atoms with van der Waals surface area (Å²) >= 11 is 9.47. The third kappa shape index (κ3) is 4.11. The first-order valence-electron chi connectivity index (χ1n) is 6.42. The van der Waals surface area contributed by atoms with Crippen LogP contribution in [0.3, 0.4) is 0 Å². The van der Waals surface area contributed by atoms with Crippen molar-refractivity contribution in [3.63, 3.8) is 0 Å². The number of likely N-dealkylation sites (tertiary alicyclic amines) is 1. The largest absolute Gasteiger partial charge is 0.369 e. The van der Waals surface area contributed by atoms with Gasteiger partial charge in [0.05, 0.1) is 5.02 Å². The lowest BCUT2D eigenvalue weighted by Gasteiger charge is -2.20. The van der Waals surface area contributed by atoms with Crippen molar-refractivity contribution in [3.8, 4) is 0 Å². The van der Waals surface area contributed by atoms with Crippen LogP contribution in [-0.2, 0) is 0 Å². The van der Waals surface area contributed by atoms with Gasteiger partial charge in [-0.05, 0) is 53.8 Å². The van der Waals surface area contributed by atoms with Gasteiger partial charge in [0, 0.05) is 23.8 Å². The fraction of sp³-hybridized carbons (Fsp3) is 0.615. The van der Waals surface area contributed by atoms with E-state index < -0.39 is 0 Å². The maximum atomic E-state index is 6.12. The summed E-state index contributed by atoms with van der Waals surface area (Å²) in [5.74, 6) is 1.37. The van der Waals surface area contributed by atoms with Crippen molar-refractivity contribution in [2.24, 2.45) is 5.92 Å². The number of rotatable bonds is 5. The number of nitrogens with zero attached hydrogens (tertiary/aromatic N) is 2. The van der Waals surface area contributed by atoms with E-state index in [0.29, 0.717) is 10.9 Å². The van der Waals surface area contributed by atoms with Gasteiger partial charge in [-0.25, -0.2) is 4.98 Å². The van der Waals surface area contributed by atoms with Gasteiger partial charge in [-0.2, -0.15) is 0 Å². The van der Waals surface area contributed by atoms with Crippen molar-refractivity contribution in [3.05, 3.63) is 21.8 Å². The van der Waals surface area contributed by atoms with Crippen LogP contribution < -0.4 is 5.32 Å². The molecule has 1 saturated heterocycles. The Labute approximate surface area is 122 Å². The van der Waals surface area contributed by atoms with Gasteiger partial charge >= 0.3 is 0 Å². The summed E-state index contributed by atoms with van der Waals surface area (Å²) in [4.78, 5) is 6.81. The number of halogens is 2. The highest BCUT2D eigenvalue weighted by atomic mass is 79.9. The average molecular weight is 333 g/mol. The van der Waals surface area contributed by atoms with Gasteiger partial charge in [0.25, 0.3) is 0 Å². The summed E-state index contributed by atoms with van der Waals surface area (Å²) in [7, 11) is 0. The van der Waals surface area contributed by atoms with Gasteiger partial charge in [-0.3, -0.25) is 0 Å². The quantitative estimate of drug-likeness (QED) is 0.892. The number of anilines is 1. The number of aromatic nitrogens is 1. The van der Waals surface area contributed by atoms with E-state index in [1.165, 1.54) is 25.9 Å². The summed E-state index contributed by atoms with van der Waals surface area (Å²) in [5, 5.41) is 3.99. The Balaban J connectivity index is 1.79. The van der Waals surface area contributed by atoms with Gasteiger partial charge in [-0.15, -0.1) is 0 Å². The van der Waals surface area contributed by atoms with Crippen LogP contribution in [0, 0.1) is 5.92 Å². The van der Waals surface area contributed by atoms with Gasteiger partial charge in [0.1, 0.15) is 5.82 Å². The Kier molecular flexibility index (Phi) is 5.27. The summed E-state index contributed by atoms with van der Waals surface area (Å²) in [6, 6.07) is 1.86. The van der Waals surface area contributed by atoms with Crippen LogP contribution in [0.4, 0.5) is 5.82 Å². The second-order valence-electron chi connectivity index (χ2n) is 4.98. The predicted octanol–water partition coefficient (Wildman–Crippen LogP) is 3.64. The summed E-state index contributed by atoms with van der Waals surface area (Å²) in [5.41, 5.74) is 0. The molecule has 1 aliphatic heterocycles. The molecule has 1 unspecified atom stereocenters. The van der Waals surface area contributed by atoms with Crippen molar-refractivity contribution in [2.75, 3.05) is 31.5 Å². The van der Waals surface area contributed by atoms with E-state index >= 15 is 0 Å². The van der Waals surface area contributed by atoms with Crippen LogP contribution >= 0.6 is 27.5 Å².